The molecule has 0 fully saturated rings. The average Bonchev–Trinajstić information content (AvgIpc) is 2.38. The third kappa shape index (κ3) is 3.22. The van der Waals surface area contributed by atoms with Gasteiger partial charge in [0.1, 0.15) is 11.3 Å². The first-order chi connectivity index (χ1) is 9.31. The second kappa shape index (κ2) is 5.85. The van der Waals surface area contributed by atoms with Crippen molar-refractivity contribution in [1.82, 2.24) is 9.97 Å². The predicted octanol–water partition coefficient (Wildman–Crippen LogP) is 3.66. The number of aryl methyl sites for hydroxylation is 1. The van der Waals surface area contributed by atoms with Crippen LogP contribution < -0.4 is 4.72 Å². The van der Waals surface area contributed by atoms with Crippen molar-refractivity contribution in [3.05, 3.63) is 44.7 Å². The Morgan fingerprint density at radius 3 is 2.60 bits per heavy atom. The standard InChI is InChI=1S/C11H8BrCl2N3O2S/c1-6-4-7(2-3-8(6)12)20(18,19)17-11-9(13)10(14)15-5-16-11/h2-5H,1H3,(H,15,16,17). The highest BCUT2D eigenvalue weighted by molar-refractivity contribution is 9.10. The molecule has 106 valence electrons. The molecule has 9 heteroatoms. The molecule has 2 aromatic rings. The Kier molecular flexibility index (Phi) is 4.53. The van der Waals surface area contributed by atoms with Gasteiger partial charge in [0.15, 0.2) is 11.0 Å². The molecular weight excluding hydrogens is 389 g/mol. The third-order valence-electron chi connectivity index (χ3n) is 2.42. The highest BCUT2D eigenvalue weighted by Gasteiger charge is 2.18. The molecule has 2 rings (SSSR count). The topological polar surface area (TPSA) is 72.0 Å². The molecule has 0 aliphatic carbocycles. The molecule has 1 aromatic heterocycles. The lowest BCUT2D eigenvalue weighted by atomic mass is 10.2. The average molecular weight is 397 g/mol. The molecule has 0 unspecified atom stereocenters. The van der Waals surface area contributed by atoms with Crippen LogP contribution in [0.25, 0.3) is 0 Å². The zero-order valence-electron chi connectivity index (χ0n) is 10.1. The minimum absolute atomic E-state index is 0.0219. The Hall–Kier alpha value is -0.890. The number of nitrogens with zero attached hydrogens (tertiary/aromatic N) is 2. The van der Waals surface area contributed by atoms with Gasteiger partial charge in [-0.05, 0) is 30.7 Å². The maximum absolute atomic E-state index is 12.2. The zero-order valence-corrected chi connectivity index (χ0v) is 14.0. The number of sulfonamides is 1. The molecule has 0 saturated carbocycles. The van der Waals surface area contributed by atoms with E-state index in [1.54, 1.807) is 13.0 Å². The van der Waals surface area contributed by atoms with Crippen LogP contribution in [0.1, 0.15) is 5.56 Å². The minimum atomic E-state index is -3.80. The van der Waals surface area contributed by atoms with Gasteiger partial charge in [-0.2, -0.15) is 0 Å². The van der Waals surface area contributed by atoms with Crippen LogP contribution in [-0.2, 0) is 10.0 Å². The molecule has 0 aliphatic rings. The number of benzene rings is 1. The molecule has 1 aromatic carbocycles. The van der Waals surface area contributed by atoms with Crippen molar-refractivity contribution >= 4 is 55.0 Å². The van der Waals surface area contributed by atoms with Crippen molar-refractivity contribution in [2.45, 2.75) is 11.8 Å². The van der Waals surface area contributed by atoms with Gasteiger partial charge in [-0.15, -0.1) is 0 Å². The lowest BCUT2D eigenvalue weighted by molar-refractivity contribution is 0.601. The Labute approximate surface area is 134 Å². The van der Waals surface area contributed by atoms with Crippen molar-refractivity contribution in [2.24, 2.45) is 0 Å². The maximum Gasteiger partial charge on any atom is 0.263 e. The number of halogens is 3. The molecule has 20 heavy (non-hydrogen) atoms. The van der Waals surface area contributed by atoms with Crippen LogP contribution >= 0.6 is 39.1 Å². The van der Waals surface area contributed by atoms with Gasteiger partial charge in [0.05, 0.1) is 4.90 Å². The fourth-order valence-corrected chi connectivity index (χ4v) is 3.08. The van der Waals surface area contributed by atoms with E-state index < -0.39 is 10.0 Å². The van der Waals surface area contributed by atoms with Gasteiger partial charge < -0.3 is 0 Å². The smallest absolute Gasteiger partial charge is 0.262 e. The summed E-state index contributed by atoms with van der Waals surface area (Å²) in [6.07, 6.45) is 1.12. The van der Waals surface area contributed by atoms with Crippen molar-refractivity contribution < 1.29 is 8.42 Å². The molecule has 1 heterocycles. The van der Waals surface area contributed by atoms with E-state index in [9.17, 15) is 8.42 Å². The fraction of sp³-hybridized carbons (Fsp3) is 0.0909. The third-order valence-corrected chi connectivity index (χ3v) is 5.39. The van der Waals surface area contributed by atoms with Crippen LogP contribution in [0.4, 0.5) is 5.82 Å². The summed E-state index contributed by atoms with van der Waals surface area (Å²) in [6.45, 7) is 1.79. The van der Waals surface area contributed by atoms with Crippen molar-refractivity contribution in [3.63, 3.8) is 0 Å². The Morgan fingerprint density at radius 1 is 1.25 bits per heavy atom. The Morgan fingerprint density at radius 2 is 1.95 bits per heavy atom. The lowest BCUT2D eigenvalue weighted by Crippen LogP contribution is -2.14. The lowest BCUT2D eigenvalue weighted by Gasteiger charge is -2.10. The number of aromatic nitrogens is 2. The molecule has 5 nitrogen and oxygen atoms in total. The first kappa shape index (κ1) is 15.5. The highest BCUT2D eigenvalue weighted by atomic mass is 79.9. The minimum Gasteiger partial charge on any atom is -0.262 e. The van der Waals surface area contributed by atoms with Crippen LogP contribution in [0.15, 0.2) is 33.9 Å². The summed E-state index contributed by atoms with van der Waals surface area (Å²) in [5.74, 6) is -0.0627. The largest absolute Gasteiger partial charge is 0.263 e. The Balaban J connectivity index is 2.41. The summed E-state index contributed by atoms with van der Waals surface area (Å²) in [5.41, 5.74) is 0.791. The summed E-state index contributed by atoms with van der Waals surface area (Å²) in [6, 6.07) is 4.65. The van der Waals surface area contributed by atoms with Crippen LogP contribution in [0.2, 0.25) is 10.2 Å². The van der Waals surface area contributed by atoms with Gasteiger partial charge in [0.25, 0.3) is 10.0 Å². The molecule has 0 spiro atoms. The molecule has 0 radical (unpaired) electrons. The van der Waals surface area contributed by atoms with Crippen molar-refractivity contribution in [3.8, 4) is 0 Å². The van der Waals surface area contributed by atoms with Crippen LogP contribution in [0.3, 0.4) is 0 Å². The van der Waals surface area contributed by atoms with Gasteiger partial charge in [-0.3, -0.25) is 4.72 Å². The van der Waals surface area contributed by atoms with E-state index in [1.165, 1.54) is 12.1 Å². The molecule has 0 aliphatic heterocycles. The molecule has 1 N–H and O–H groups in total. The normalized spacial score (nSPS) is 11.4. The van der Waals surface area contributed by atoms with Crippen LogP contribution in [0.5, 0.6) is 0 Å². The highest BCUT2D eigenvalue weighted by Crippen LogP contribution is 2.28. The number of anilines is 1. The second-order valence-electron chi connectivity index (χ2n) is 3.84. The first-order valence-electron chi connectivity index (χ1n) is 5.26. The molecule has 0 saturated heterocycles. The van der Waals surface area contributed by atoms with E-state index in [2.05, 4.69) is 30.6 Å². The Bertz CT molecular complexity index is 768. The van der Waals surface area contributed by atoms with Crippen LogP contribution in [-0.4, -0.2) is 18.4 Å². The molecule has 0 amide bonds. The fourth-order valence-electron chi connectivity index (χ4n) is 1.39. The van der Waals surface area contributed by atoms with E-state index in [4.69, 9.17) is 23.2 Å². The monoisotopic (exact) mass is 395 g/mol. The maximum atomic E-state index is 12.2. The summed E-state index contributed by atoms with van der Waals surface area (Å²) in [5, 5.41) is -0.0714. The second-order valence-corrected chi connectivity index (χ2v) is 7.12. The van der Waals surface area contributed by atoms with Crippen LogP contribution in [0, 0.1) is 6.92 Å². The number of hydrogen-bond donors (Lipinski definition) is 1. The SMILES string of the molecule is Cc1cc(S(=O)(=O)Nc2ncnc(Cl)c2Cl)ccc1Br. The van der Waals surface area contributed by atoms with Gasteiger partial charge >= 0.3 is 0 Å². The number of rotatable bonds is 3. The summed E-state index contributed by atoms with van der Waals surface area (Å²) < 4.78 is 27.6. The van der Waals surface area contributed by atoms with Gasteiger partial charge in [0.2, 0.25) is 0 Å². The van der Waals surface area contributed by atoms with Gasteiger partial charge in [0, 0.05) is 4.47 Å². The summed E-state index contributed by atoms with van der Waals surface area (Å²) in [4.78, 5) is 7.51. The van der Waals surface area contributed by atoms with Gasteiger partial charge in [-0.25, -0.2) is 18.4 Å². The molecule has 0 atom stereocenters. The summed E-state index contributed by atoms with van der Waals surface area (Å²) in [7, 11) is -3.80. The van der Waals surface area contributed by atoms with Gasteiger partial charge in [-0.1, -0.05) is 39.1 Å². The van der Waals surface area contributed by atoms with E-state index >= 15 is 0 Å². The van der Waals surface area contributed by atoms with E-state index in [1.807, 2.05) is 0 Å². The predicted molar refractivity (Wildman–Crippen MR) is 81.7 cm³/mol. The number of nitrogens with one attached hydrogen (secondary N) is 1. The first-order valence-corrected chi connectivity index (χ1v) is 8.29. The van der Waals surface area contributed by atoms with Crippen molar-refractivity contribution in [1.29, 1.82) is 0 Å². The van der Waals surface area contributed by atoms with E-state index in [-0.39, 0.29) is 20.9 Å². The molecular formula is C11H8BrCl2N3O2S. The zero-order chi connectivity index (χ0) is 14.9. The quantitative estimate of drug-likeness (QED) is 0.803. The van der Waals surface area contributed by atoms with E-state index in [0.717, 1.165) is 16.4 Å². The number of hydrogen-bond acceptors (Lipinski definition) is 4. The van der Waals surface area contributed by atoms with Crippen molar-refractivity contribution in [2.75, 3.05) is 4.72 Å². The van der Waals surface area contributed by atoms with E-state index in [0.29, 0.717) is 0 Å². The molecule has 0 bridgehead atoms. The summed E-state index contributed by atoms with van der Waals surface area (Å²) >= 11 is 14.9.